The van der Waals surface area contributed by atoms with Crippen molar-refractivity contribution in [1.82, 2.24) is 9.80 Å². The van der Waals surface area contributed by atoms with Gasteiger partial charge in [-0.15, -0.1) is 0 Å². The second-order valence-electron chi connectivity index (χ2n) is 4.38. The van der Waals surface area contributed by atoms with Crippen LogP contribution in [0.25, 0.3) is 0 Å². The third-order valence-electron chi connectivity index (χ3n) is 2.91. The number of amides is 1. The Morgan fingerprint density at radius 2 is 2.00 bits per heavy atom. The number of aliphatic hydroxyl groups excluding tert-OH is 1. The lowest BCUT2D eigenvalue weighted by atomic mass is 10.3. The van der Waals surface area contributed by atoms with Crippen LogP contribution >= 0.6 is 0 Å². The van der Waals surface area contributed by atoms with Crippen LogP contribution < -0.4 is 0 Å². The molecule has 0 aromatic carbocycles. The monoisotopic (exact) mass is 214 g/mol. The van der Waals surface area contributed by atoms with Crippen molar-refractivity contribution < 1.29 is 9.90 Å². The van der Waals surface area contributed by atoms with Crippen molar-refractivity contribution in [2.24, 2.45) is 0 Å². The summed E-state index contributed by atoms with van der Waals surface area (Å²) in [6.07, 6.45) is 2.26. The minimum Gasteiger partial charge on any atom is -0.395 e. The van der Waals surface area contributed by atoms with E-state index in [2.05, 4.69) is 0 Å². The standard InChI is InChI=1S/C11H22N2O2/c1-10(2)13(7-8-14)9-11(15)12-5-3-4-6-12/h10,14H,3-9H2,1-2H3. The van der Waals surface area contributed by atoms with E-state index < -0.39 is 0 Å². The van der Waals surface area contributed by atoms with Crippen LogP contribution in [0.1, 0.15) is 26.7 Å². The summed E-state index contributed by atoms with van der Waals surface area (Å²) in [6, 6.07) is 0.309. The molecule has 0 spiro atoms. The molecule has 1 saturated heterocycles. The van der Waals surface area contributed by atoms with Gasteiger partial charge < -0.3 is 10.0 Å². The van der Waals surface area contributed by atoms with Crippen molar-refractivity contribution in [3.63, 3.8) is 0 Å². The number of carbonyl (C=O) groups is 1. The molecule has 0 atom stereocenters. The third kappa shape index (κ3) is 3.80. The van der Waals surface area contributed by atoms with Crippen LogP contribution in [0.15, 0.2) is 0 Å². The molecular weight excluding hydrogens is 192 g/mol. The average molecular weight is 214 g/mol. The van der Waals surface area contributed by atoms with E-state index in [1.54, 1.807) is 0 Å². The van der Waals surface area contributed by atoms with Crippen molar-refractivity contribution in [3.8, 4) is 0 Å². The van der Waals surface area contributed by atoms with Crippen LogP contribution in [-0.4, -0.2) is 59.6 Å². The molecule has 1 N–H and O–H groups in total. The molecule has 0 saturated carbocycles. The first-order chi connectivity index (χ1) is 7.15. The van der Waals surface area contributed by atoms with Crippen molar-refractivity contribution in [2.75, 3.05) is 32.8 Å². The summed E-state index contributed by atoms with van der Waals surface area (Å²) in [5.41, 5.74) is 0. The predicted molar refractivity (Wildman–Crippen MR) is 59.6 cm³/mol. The predicted octanol–water partition coefficient (Wildman–Crippen LogP) is 0.311. The molecule has 1 amide bonds. The maximum absolute atomic E-state index is 11.8. The van der Waals surface area contributed by atoms with Crippen LogP contribution in [-0.2, 0) is 4.79 Å². The molecule has 1 aliphatic heterocycles. The van der Waals surface area contributed by atoms with Gasteiger partial charge in [-0.1, -0.05) is 0 Å². The van der Waals surface area contributed by atoms with Gasteiger partial charge in [-0.2, -0.15) is 0 Å². The Bertz CT molecular complexity index is 201. The first-order valence-electron chi connectivity index (χ1n) is 5.78. The third-order valence-corrected chi connectivity index (χ3v) is 2.91. The molecule has 1 fully saturated rings. The first-order valence-corrected chi connectivity index (χ1v) is 5.78. The molecule has 0 aliphatic carbocycles. The van der Waals surface area contributed by atoms with Gasteiger partial charge in [-0.25, -0.2) is 0 Å². The number of hydrogen-bond donors (Lipinski definition) is 1. The van der Waals surface area contributed by atoms with Gasteiger partial charge >= 0.3 is 0 Å². The van der Waals surface area contributed by atoms with Crippen LogP contribution in [0.3, 0.4) is 0 Å². The van der Waals surface area contributed by atoms with Crippen LogP contribution in [0.2, 0.25) is 0 Å². The van der Waals surface area contributed by atoms with Crippen molar-refractivity contribution in [2.45, 2.75) is 32.7 Å². The van der Waals surface area contributed by atoms with Crippen molar-refractivity contribution in [3.05, 3.63) is 0 Å². The number of likely N-dealkylation sites (tertiary alicyclic amines) is 1. The number of nitrogens with zero attached hydrogens (tertiary/aromatic N) is 2. The van der Waals surface area contributed by atoms with Crippen LogP contribution in [0, 0.1) is 0 Å². The Morgan fingerprint density at radius 1 is 1.40 bits per heavy atom. The molecule has 1 aliphatic rings. The number of hydrogen-bond acceptors (Lipinski definition) is 3. The fourth-order valence-corrected chi connectivity index (χ4v) is 1.89. The summed E-state index contributed by atoms with van der Waals surface area (Å²) in [7, 11) is 0. The molecule has 1 heterocycles. The zero-order chi connectivity index (χ0) is 11.3. The maximum atomic E-state index is 11.8. The molecular formula is C11H22N2O2. The van der Waals surface area contributed by atoms with E-state index in [-0.39, 0.29) is 12.5 Å². The number of carbonyl (C=O) groups excluding carboxylic acids is 1. The molecule has 4 nitrogen and oxygen atoms in total. The zero-order valence-electron chi connectivity index (χ0n) is 9.78. The SMILES string of the molecule is CC(C)N(CCO)CC(=O)N1CCCC1. The number of aliphatic hydroxyl groups is 1. The van der Waals surface area contributed by atoms with Crippen LogP contribution in [0.4, 0.5) is 0 Å². The highest BCUT2D eigenvalue weighted by Gasteiger charge is 2.21. The summed E-state index contributed by atoms with van der Waals surface area (Å²) in [6.45, 7) is 7.05. The highest BCUT2D eigenvalue weighted by molar-refractivity contribution is 5.78. The van der Waals surface area contributed by atoms with Gasteiger partial charge in [0.15, 0.2) is 0 Å². The minimum atomic E-state index is 0.117. The summed E-state index contributed by atoms with van der Waals surface area (Å²) in [5.74, 6) is 0.203. The van der Waals surface area contributed by atoms with E-state index >= 15 is 0 Å². The van der Waals surface area contributed by atoms with E-state index in [1.807, 2.05) is 23.6 Å². The highest BCUT2D eigenvalue weighted by atomic mass is 16.3. The molecule has 0 radical (unpaired) electrons. The Balaban J connectivity index is 2.38. The summed E-state index contributed by atoms with van der Waals surface area (Å²) >= 11 is 0. The fourth-order valence-electron chi connectivity index (χ4n) is 1.89. The lowest BCUT2D eigenvalue weighted by Crippen LogP contribution is -2.43. The quantitative estimate of drug-likeness (QED) is 0.716. The Labute approximate surface area is 91.9 Å². The topological polar surface area (TPSA) is 43.8 Å². The Morgan fingerprint density at radius 3 is 2.47 bits per heavy atom. The van der Waals surface area contributed by atoms with Gasteiger partial charge in [0.1, 0.15) is 0 Å². The second kappa shape index (κ2) is 6.08. The zero-order valence-corrected chi connectivity index (χ0v) is 9.78. The lowest BCUT2D eigenvalue weighted by molar-refractivity contribution is -0.131. The normalized spacial score (nSPS) is 16.7. The van der Waals surface area contributed by atoms with E-state index in [1.165, 1.54) is 0 Å². The summed E-state index contributed by atoms with van der Waals surface area (Å²) < 4.78 is 0. The van der Waals surface area contributed by atoms with Gasteiger partial charge in [-0.05, 0) is 26.7 Å². The molecule has 0 aromatic heterocycles. The molecule has 1 rings (SSSR count). The van der Waals surface area contributed by atoms with E-state index in [9.17, 15) is 4.79 Å². The summed E-state index contributed by atoms with van der Waals surface area (Å²) in [5, 5.41) is 8.90. The Kier molecular flexibility index (Phi) is 5.05. The molecule has 0 bridgehead atoms. The smallest absolute Gasteiger partial charge is 0.236 e. The van der Waals surface area contributed by atoms with Crippen molar-refractivity contribution in [1.29, 1.82) is 0 Å². The van der Waals surface area contributed by atoms with Gasteiger partial charge in [0.05, 0.1) is 13.2 Å². The molecule has 0 aromatic rings. The van der Waals surface area contributed by atoms with Gasteiger partial charge in [0, 0.05) is 25.7 Å². The number of rotatable bonds is 5. The van der Waals surface area contributed by atoms with E-state index in [0.717, 1.165) is 25.9 Å². The van der Waals surface area contributed by atoms with Crippen LogP contribution in [0.5, 0.6) is 0 Å². The minimum absolute atomic E-state index is 0.117. The molecule has 88 valence electrons. The fraction of sp³-hybridized carbons (Fsp3) is 0.909. The highest BCUT2D eigenvalue weighted by Crippen LogP contribution is 2.08. The molecule has 4 heteroatoms. The average Bonchev–Trinajstić information content (AvgIpc) is 2.69. The van der Waals surface area contributed by atoms with Gasteiger partial charge in [0.2, 0.25) is 5.91 Å². The van der Waals surface area contributed by atoms with E-state index in [4.69, 9.17) is 5.11 Å². The lowest BCUT2D eigenvalue weighted by Gasteiger charge is -2.27. The van der Waals surface area contributed by atoms with Crippen molar-refractivity contribution >= 4 is 5.91 Å². The Hall–Kier alpha value is -0.610. The molecule has 0 unspecified atom stereocenters. The molecule has 15 heavy (non-hydrogen) atoms. The maximum Gasteiger partial charge on any atom is 0.236 e. The van der Waals surface area contributed by atoms with Gasteiger partial charge in [0.25, 0.3) is 0 Å². The second-order valence-corrected chi connectivity index (χ2v) is 4.38. The summed E-state index contributed by atoms with van der Waals surface area (Å²) in [4.78, 5) is 15.8. The largest absolute Gasteiger partial charge is 0.395 e. The van der Waals surface area contributed by atoms with E-state index in [0.29, 0.717) is 19.1 Å². The van der Waals surface area contributed by atoms with Gasteiger partial charge in [-0.3, -0.25) is 9.69 Å². The first kappa shape index (κ1) is 12.5.